The Balaban J connectivity index is 2.15. The molecule has 1 saturated heterocycles. The first-order valence-electron chi connectivity index (χ1n) is 8.41. The summed E-state index contributed by atoms with van der Waals surface area (Å²) >= 11 is 0. The molecule has 5 atom stereocenters. The van der Waals surface area contributed by atoms with Crippen molar-refractivity contribution in [2.75, 3.05) is 20.3 Å². The second-order valence-electron chi connectivity index (χ2n) is 5.81. The lowest BCUT2D eigenvalue weighted by atomic mass is 9.99. The first-order chi connectivity index (χ1) is 12.9. The molecule has 0 amide bonds. The van der Waals surface area contributed by atoms with E-state index in [9.17, 15) is 25.2 Å². The average Bonchev–Trinajstić information content (AvgIpc) is 2.67. The number of carbonyl (C=O) groups is 1. The summed E-state index contributed by atoms with van der Waals surface area (Å²) in [5.41, 5.74) is 0.640. The number of aliphatic hydroxyl groups is 4. The number of methoxy groups -OCH3 is 1. The smallest absolute Gasteiger partial charge is 0.330 e. The molecule has 1 aliphatic heterocycles. The molecule has 4 N–H and O–H groups in total. The van der Waals surface area contributed by atoms with Gasteiger partial charge in [0, 0.05) is 6.08 Å². The van der Waals surface area contributed by atoms with Crippen LogP contribution in [0.1, 0.15) is 12.5 Å². The van der Waals surface area contributed by atoms with Crippen molar-refractivity contribution in [2.24, 2.45) is 0 Å². The van der Waals surface area contributed by atoms with Gasteiger partial charge in [-0.25, -0.2) is 4.79 Å². The van der Waals surface area contributed by atoms with E-state index in [1.54, 1.807) is 19.1 Å². The Bertz CT molecular complexity index is 658. The molecule has 9 nitrogen and oxygen atoms in total. The molecule has 1 aromatic rings. The average molecular weight is 384 g/mol. The molecule has 1 heterocycles. The number of benzene rings is 1. The highest BCUT2D eigenvalue weighted by atomic mass is 16.7. The molecule has 0 aliphatic carbocycles. The van der Waals surface area contributed by atoms with E-state index in [1.165, 1.54) is 25.3 Å². The third kappa shape index (κ3) is 5.18. The maximum Gasteiger partial charge on any atom is 0.330 e. The maximum absolute atomic E-state index is 11.4. The first-order valence-corrected chi connectivity index (χ1v) is 8.41. The fourth-order valence-electron chi connectivity index (χ4n) is 2.53. The SMILES string of the molecule is CCOC(=O)C=Cc1ccc(O[C@@H]2O[C@H](CO)[C@@H](O)[C@H](O)[C@H]2O)c(OC)c1. The highest BCUT2D eigenvalue weighted by Crippen LogP contribution is 2.32. The quantitative estimate of drug-likeness (QED) is 0.361. The van der Waals surface area contributed by atoms with Crippen LogP contribution < -0.4 is 9.47 Å². The summed E-state index contributed by atoms with van der Waals surface area (Å²) in [6.07, 6.45) is -4.13. The molecule has 1 fully saturated rings. The fourth-order valence-corrected chi connectivity index (χ4v) is 2.53. The van der Waals surface area contributed by atoms with Crippen molar-refractivity contribution < 1.29 is 44.2 Å². The van der Waals surface area contributed by atoms with Crippen molar-refractivity contribution in [3.8, 4) is 11.5 Å². The number of rotatable bonds is 7. The molecule has 0 saturated carbocycles. The van der Waals surface area contributed by atoms with Crippen molar-refractivity contribution in [1.82, 2.24) is 0 Å². The summed E-state index contributed by atoms with van der Waals surface area (Å²) in [5, 5.41) is 38.9. The van der Waals surface area contributed by atoms with Crippen LogP contribution in [0.15, 0.2) is 24.3 Å². The fraction of sp³-hybridized carbons (Fsp3) is 0.500. The molecule has 27 heavy (non-hydrogen) atoms. The zero-order chi connectivity index (χ0) is 20.0. The summed E-state index contributed by atoms with van der Waals surface area (Å²) in [6.45, 7) is 1.43. The van der Waals surface area contributed by atoms with Gasteiger partial charge in [-0.15, -0.1) is 0 Å². The predicted octanol–water partition coefficient (Wildman–Crippen LogP) is -0.550. The van der Waals surface area contributed by atoms with Crippen LogP contribution in [0.2, 0.25) is 0 Å². The van der Waals surface area contributed by atoms with Gasteiger partial charge in [0.1, 0.15) is 24.4 Å². The maximum atomic E-state index is 11.4. The molecule has 1 aromatic carbocycles. The van der Waals surface area contributed by atoms with E-state index in [1.807, 2.05) is 0 Å². The highest BCUT2D eigenvalue weighted by Gasteiger charge is 2.44. The van der Waals surface area contributed by atoms with Crippen molar-refractivity contribution in [3.63, 3.8) is 0 Å². The monoisotopic (exact) mass is 384 g/mol. The van der Waals surface area contributed by atoms with Crippen molar-refractivity contribution in [2.45, 2.75) is 37.6 Å². The molecular weight excluding hydrogens is 360 g/mol. The van der Waals surface area contributed by atoms with Crippen LogP contribution in [0.4, 0.5) is 0 Å². The Morgan fingerprint density at radius 1 is 1.19 bits per heavy atom. The minimum Gasteiger partial charge on any atom is -0.493 e. The van der Waals surface area contributed by atoms with Gasteiger partial charge in [0.25, 0.3) is 0 Å². The second kappa shape index (κ2) is 9.67. The van der Waals surface area contributed by atoms with E-state index < -0.39 is 43.3 Å². The zero-order valence-electron chi connectivity index (χ0n) is 15.0. The summed E-state index contributed by atoms with van der Waals surface area (Å²) in [7, 11) is 1.41. The third-order valence-corrected chi connectivity index (χ3v) is 3.98. The summed E-state index contributed by atoms with van der Waals surface area (Å²) in [4.78, 5) is 11.4. The van der Waals surface area contributed by atoms with Gasteiger partial charge in [-0.2, -0.15) is 0 Å². The van der Waals surface area contributed by atoms with Crippen molar-refractivity contribution in [3.05, 3.63) is 29.8 Å². The normalized spacial score (nSPS) is 28.1. The molecule has 1 aliphatic rings. The van der Waals surface area contributed by atoms with E-state index in [0.717, 1.165) is 0 Å². The standard InChI is InChI=1S/C18H24O9/c1-3-25-14(20)7-5-10-4-6-11(12(8-10)24-2)26-18-17(23)16(22)15(21)13(9-19)27-18/h4-8,13,15-19,21-23H,3,9H2,1-2H3/t13-,15-,16+,17-,18-/m1/s1. The Kier molecular flexibility index (Phi) is 7.57. The summed E-state index contributed by atoms with van der Waals surface area (Å²) in [5.74, 6) is 0.0196. The zero-order valence-corrected chi connectivity index (χ0v) is 15.0. The number of ether oxygens (including phenoxy) is 4. The molecule has 0 bridgehead atoms. The van der Waals surface area contributed by atoms with Gasteiger partial charge in [-0.3, -0.25) is 0 Å². The van der Waals surface area contributed by atoms with E-state index in [-0.39, 0.29) is 18.1 Å². The molecule has 9 heteroatoms. The van der Waals surface area contributed by atoms with E-state index in [2.05, 4.69) is 0 Å². The Labute approximate surface area is 156 Å². The molecule has 2 rings (SSSR count). The topological polar surface area (TPSA) is 135 Å². The molecule has 0 spiro atoms. The van der Waals surface area contributed by atoms with Crippen molar-refractivity contribution in [1.29, 1.82) is 0 Å². The lowest BCUT2D eigenvalue weighted by Gasteiger charge is -2.39. The molecule has 0 radical (unpaired) electrons. The van der Waals surface area contributed by atoms with Crippen molar-refractivity contribution >= 4 is 12.0 Å². The number of hydrogen-bond donors (Lipinski definition) is 4. The Hall–Kier alpha value is -2.17. The van der Waals surface area contributed by atoms with Gasteiger partial charge in [0.05, 0.1) is 20.3 Å². The van der Waals surface area contributed by atoms with E-state index >= 15 is 0 Å². The minimum atomic E-state index is -1.54. The Morgan fingerprint density at radius 2 is 1.93 bits per heavy atom. The molecule has 150 valence electrons. The molecule has 0 unspecified atom stereocenters. The number of carbonyl (C=O) groups excluding carboxylic acids is 1. The molecule has 0 aromatic heterocycles. The number of esters is 1. The Morgan fingerprint density at radius 3 is 2.56 bits per heavy atom. The predicted molar refractivity (Wildman–Crippen MR) is 93.1 cm³/mol. The van der Waals surface area contributed by atoms with Crippen LogP contribution in [0.5, 0.6) is 11.5 Å². The molecular formula is C18H24O9. The van der Waals surface area contributed by atoms with Crippen LogP contribution in [-0.2, 0) is 14.3 Å². The third-order valence-electron chi connectivity index (χ3n) is 3.98. The minimum absolute atomic E-state index is 0.204. The van der Waals surface area contributed by atoms with E-state index in [4.69, 9.17) is 18.9 Å². The van der Waals surface area contributed by atoms with Crippen LogP contribution in [-0.4, -0.2) is 77.4 Å². The van der Waals surface area contributed by atoms with Gasteiger partial charge in [0.15, 0.2) is 11.5 Å². The highest BCUT2D eigenvalue weighted by molar-refractivity contribution is 5.87. The van der Waals surface area contributed by atoms with Gasteiger partial charge in [-0.1, -0.05) is 6.07 Å². The van der Waals surface area contributed by atoms with Gasteiger partial charge >= 0.3 is 5.97 Å². The lowest BCUT2D eigenvalue weighted by molar-refractivity contribution is -0.277. The van der Waals surface area contributed by atoms with Crippen LogP contribution in [0.25, 0.3) is 6.08 Å². The number of aliphatic hydroxyl groups excluding tert-OH is 4. The largest absolute Gasteiger partial charge is 0.493 e. The second-order valence-corrected chi connectivity index (χ2v) is 5.81. The van der Waals surface area contributed by atoms with Gasteiger partial charge < -0.3 is 39.4 Å². The first kappa shape index (κ1) is 21.1. The summed E-state index contributed by atoms with van der Waals surface area (Å²) < 4.78 is 20.9. The summed E-state index contributed by atoms with van der Waals surface area (Å²) in [6, 6.07) is 4.76. The van der Waals surface area contributed by atoms with Crippen LogP contribution in [0.3, 0.4) is 0 Å². The lowest BCUT2D eigenvalue weighted by Crippen LogP contribution is -2.60. The van der Waals surface area contributed by atoms with Crippen LogP contribution >= 0.6 is 0 Å². The van der Waals surface area contributed by atoms with Gasteiger partial charge in [0.2, 0.25) is 6.29 Å². The number of hydrogen-bond acceptors (Lipinski definition) is 9. The van der Waals surface area contributed by atoms with Crippen LogP contribution in [0, 0.1) is 0 Å². The van der Waals surface area contributed by atoms with Gasteiger partial charge in [-0.05, 0) is 30.7 Å². The van der Waals surface area contributed by atoms with E-state index in [0.29, 0.717) is 5.56 Å².